The Morgan fingerprint density at radius 3 is 2.66 bits per heavy atom. The number of carbonyl (C=O) groups excluding carboxylic acids is 1. The molecule has 2 aromatic heterocycles. The quantitative estimate of drug-likeness (QED) is 0.507. The third kappa shape index (κ3) is 3.78. The van der Waals surface area contributed by atoms with Crippen molar-refractivity contribution in [2.45, 2.75) is 25.4 Å². The maximum Gasteiger partial charge on any atom is 0.281 e. The molecule has 0 spiro atoms. The van der Waals surface area contributed by atoms with Crippen LogP contribution >= 0.6 is 11.3 Å². The number of aromatic nitrogens is 3. The predicted octanol–water partition coefficient (Wildman–Crippen LogP) is 3.34. The van der Waals surface area contributed by atoms with Gasteiger partial charge in [0.1, 0.15) is 11.9 Å². The van der Waals surface area contributed by atoms with E-state index in [1.165, 1.54) is 11.3 Å². The van der Waals surface area contributed by atoms with E-state index in [0.29, 0.717) is 35.0 Å². The summed E-state index contributed by atoms with van der Waals surface area (Å²) in [7, 11) is 0. The second-order valence-corrected chi connectivity index (χ2v) is 8.60. The van der Waals surface area contributed by atoms with Crippen LogP contribution in [0.3, 0.4) is 0 Å². The summed E-state index contributed by atoms with van der Waals surface area (Å²) in [6, 6.07) is 18.0. The summed E-state index contributed by atoms with van der Waals surface area (Å²) in [6.07, 6.45) is 1.47. The van der Waals surface area contributed by atoms with E-state index in [1.54, 1.807) is 30.3 Å². The van der Waals surface area contributed by atoms with Crippen LogP contribution in [0.2, 0.25) is 0 Å². The van der Waals surface area contributed by atoms with Gasteiger partial charge in [-0.1, -0.05) is 72.0 Å². The normalized spacial score (nSPS) is 17.7. The Bertz CT molecular complexity index is 1420. The standard InChI is InChI=1S/C24H23N5O2S/c1-28-20(17-11-6-3-7-12-17)27-22-19(23(28)31)26-24(32-22)29-14-8-13-18(29)21(30)25-15-16-9-4-2-5-10-16/h2-7,9-12,18H,8,13-15H2,1H3,(H,25,30)/t18-/m1/s1/i1D3. The van der Waals surface area contributed by atoms with E-state index in [9.17, 15) is 9.59 Å². The average Bonchev–Trinajstić information content (AvgIpc) is 3.50. The van der Waals surface area contributed by atoms with Gasteiger partial charge in [0.2, 0.25) is 5.91 Å². The topological polar surface area (TPSA) is 80.1 Å². The molecular formula is C24H23N5O2S. The van der Waals surface area contributed by atoms with Gasteiger partial charge in [-0.25, -0.2) is 9.97 Å². The molecule has 3 heterocycles. The maximum absolute atomic E-state index is 13.3. The van der Waals surface area contributed by atoms with E-state index < -0.39 is 18.6 Å². The lowest BCUT2D eigenvalue weighted by atomic mass is 10.2. The average molecular weight is 449 g/mol. The predicted molar refractivity (Wildman–Crippen MR) is 127 cm³/mol. The molecule has 0 saturated carbocycles. The second-order valence-electron chi connectivity index (χ2n) is 7.65. The van der Waals surface area contributed by atoms with E-state index in [2.05, 4.69) is 15.3 Å². The molecule has 1 saturated heterocycles. The fourth-order valence-electron chi connectivity index (χ4n) is 3.94. The second kappa shape index (κ2) is 8.55. The van der Waals surface area contributed by atoms with Gasteiger partial charge in [-0.05, 0) is 18.4 Å². The lowest BCUT2D eigenvalue weighted by Crippen LogP contribution is -2.43. The van der Waals surface area contributed by atoms with Gasteiger partial charge >= 0.3 is 0 Å². The zero-order valence-corrected chi connectivity index (χ0v) is 18.0. The molecule has 5 rings (SSSR count). The van der Waals surface area contributed by atoms with Crippen molar-refractivity contribution in [1.29, 1.82) is 0 Å². The number of carbonyl (C=O) groups is 1. The molecule has 4 aromatic rings. The van der Waals surface area contributed by atoms with Gasteiger partial charge < -0.3 is 10.2 Å². The number of fused-ring (bicyclic) bond motifs is 1. The van der Waals surface area contributed by atoms with Gasteiger partial charge in [0, 0.05) is 29.7 Å². The molecule has 1 N–H and O–H groups in total. The fourth-order valence-corrected chi connectivity index (χ4v) is 4.95. The van der Waals surface area contributed by atoms with Crippen LogP contribution in [0.25, 0.3) is 21.7 Å². The van der Waals surface area contributed by atoms with E-state index in [4.69, 9.17) is 4.11 Å². The molecule has 0 radical (unpaired) electrons. The Morgan fingerprint density at radius 2 is 1.91 bits per heavy atom. The molecule has 162 valence electrons. The summed E-state index contributed by atoms with van der Waals surface area (Å²) < 4.78 is 24.5. The summed E-state index contributed by atoms with van der Waals surface area (Å²) in [5.41, 5.74) is 0.807. The summed E-state index contributed by atoms with van der Waals surface area (Å²) in [5.74, 6) is -0.0414. The van der Waals surface area contributed by atoms with Crippen molar-refractivity contribution in [3.05, 3.63) is 76.6 Å². The lowest BCUT2D eigenvalue weighted by Gasteiger charge is -2.23. The minimum Gasteiger partial charge on any atom is -0.350 e. The van der Waals surface area contributed by atoms with Crippen molar-refractivity contribution in [3.63, 3.8) is 0 Å². The van der Waals surface area contributed by atoms with E-state index in [-0.39, 0.29) is 17.2 Å². The lowest BCUT2D eigenvalue weighted by molar-refractivity contribution is -0.122. The summed E-state index contributed by atoms with van der Waals surface area (Å²) in [6.45, 7) is -1.68. The van der Waals surface area contributed by atoms with Crippen LogP contribution in [0, 0.1) is 0 Å². The number of thiazole rings is 1. The van der Waals surface area contributed by atoms with Crippen molar-refractivity contribution in [1.82, 2.24) is 19.9 Å². The first-order valence-electron chi connectivity index (χ1n) is 11.9. The van der Waals surface area contributed by atoms with E-state index in [0.717, 1.165) is 16.6 Å². The highest BCUT2D eigenvalue weighted by molar-refractivity contribution is 7.21. The van der Waals surface area contributed by atoms with Crippen LogP contribution in [0.5, 0.6) is 0 Å². The Hall–Kier alpha value is -3.52. The summed E-state index contributed by atoms with van der Waals surface area (Å²) in [5, 5.41) is 3.48. The number of anilines is 1. The Balaban J connectivity index is 1.49. The highest BCUT2D eigenvalue weighted by Crippen LogP contribution is 2.32. The number of nitrogens with zero attached hydrogens (tertiary/aromatic N) is 4. The number of rotatable bonds is 5. The van der Waals surface area contributed by atoms with Crippen LogP contribution in [0.1, 0.15) is 22.5 Å². The minimum absolute atomic E-state index is 0.00356. The molecule has 1 amide bonds. The number of hydrogen-bond donors (Lipinski definition) is 1. The summed E-state index contributed by atoms with van der Waals surface area (Å²) in [4.78, 5) is 37.5. The van der Waals surface area contributed by atoms with Crippen molar-refractivity contribution in [2.75, 3.05) is 11.4 Å². The molecule has 8 heteroatoms. The third-order valence-electron chi connectivity index (χ3n) is 5.57. The van der Waals surface area contributed by atoms with Crippen LogP contribution in [0.4, 0.5) is 5.13 Å². The van der Waals surface area contributed by atoms with Crippen LogP contribution < -0.4 is 15.8 Å². The molecule has 1 atom stereocenters. The highest BCUT2D eigenvalue weighted by Gasteiger charge is 2.33. The highest BCUT2D eigenvalue weighted by atomic mass is 32.1. The molecule has 1 aliphatic heterocycles. The molecule has 0 unspecified atom stereocenters. The zero-order valence-electron chi connectivity index (χ0n) is 20.2. The molecule has 1 fully saturated rings. The van der Waals surface area contributed by atoms with Gasteiger partial charge in [0.15, 0.2) is 15.5 Å². The SMILES string of the molecule is [2H]C([2H])([2H])n1c(-c2ccccc2)nc2sc(N3CCC[C@@H]3C(=O)NCc3ccccc3)nc2c1=O. The van der Waals surface area contributed by atoms with Gasteiger partial charge in [0.25, 0.3) is 5.56 Å². The van der Waals surface area contributed by atoms with Gasteiger partial charge in [-0.15, -0.1) is 0 Å². The van der Waals surface area contributed by atoms with Gasteiger partial charge in [-0.3, -0.25) is 14.2 Å². The van der Waals surface area contributed by atoms with Crippen molar-refractivity contribution in [3.8, 4) is 11.4 Å². The fraction of sp³-hybridized carbons (Fsp3) is 0.250. The molecule has 32 heavy (non-hydrogen) atoms. The number of nitrogens with one attached hydrogen (secondary N) is 1. The first-order valence-corrected chi connectivity index (χ1v) is 11.2. The molecule has 1 aliphatic rings. The smallest absolute Gasteiger partial charge is 0.281 e. The molecular weight excluding hydrogens is 422 g/mol. The summed E-state index contributed by atoms with van der Waals surface area (Å²) >= 11 is 1.20. The number of hydrogen-bond acceptors (Lipinski definition) is 6. The van der Waals surface area contributed by atoms with Crippen molar-refractivity contribution >= 4 is 32.7 Å². The van der Waals surface area contributed by atoms with Gasteiger partial charge in [0.05, 0.1) is 0 Å². The molecule has 7 nitrogen and oxygen atoms in total. The Labute approximate surface area is 193 Å². The Morgan fingerprint density at radius 1 is 1.16 bits per heavy atom. The van der Waals surface area contributed by atoms with Crippen LogP contribution in [0.15, 0.2) is 65.5 Å². The van der Waals surface area contributed by atoms with E-state index >= 15 is 0 Å². The van der Waals surface area contributed by atoms with Crippen molar-refractivity contribution in [2.24, 2.45) is 6.98 Å². The number of benzene rings is 2. The minimum atomic E-state index is -2.72. The van der Waals surface area contributed by atoms with E-state index in [1.807, 2.05) is 35.2 Å². The third-order valence-corrected chi connectivity index (χ3v) is 6.55. The zero-order chi connectivity index (χ0) is 24.6. The largest absolute Gasteiger partial charge is 0.350 e. The number of amides is 1. The van der Waals surface area contributed by atoms with Crippen LogP contribution in [-0.4, -0.2) is 33.0 Å². The molecule has 0 bridgehead atoms. The first-order chi connectivity index (χ1) is 16.8. The first kappa shape index (κ1) is 17.1. The maximum atomic E-state index is 13.3. The van der Waals surface area contributed by atoms with Crippen molar-refractivity contribution < 1.29 is 8.91 Å². The molecule has 2 aromatic carbocycles. The monoisotopic (exact) mass is 448 g/mol. The Kier molecular flexibility index (Phi) is 4.56. The van der Waals surface area contributed by atoms with Crippen LogP contribution in [-0.2, 0) is 18.3 Å². The molecule has 0 aliphatic carbocycles. The van der Waals surface area contributed by atoms with Gasteiger partial charge in [-0.2, -0.15) is 0 Å².